The van der Waals surface area contributed by atoms with Crippen LogP contribution >= 0.6 is 11.3 Å². The number of urea groups is 1. The molecule has 4 amide bonds. The van der Waals surface area contributed by atoms with Gasteiger partial charge in [0, 0.05) is 25.5 Å². The van der Waals surface area contributed by atoms with E-state index in [-0.39, 0.29) is 24.3 Å². The molecule has 1 aliphatic heterocycles. The van der Waals surface area contributed by atoms with Crippen molar-refractivity contribution in [3.8, 4) is 0 Å². The maximum atomic E-state index is 11.9. The van der Waals surface area contributed by atoms with Crippen molar-refractivity contribution in [1.29, 1.82) is 0 Å². The molecule has 2 heterocycles. The highest BCUT2D eigenvalue weighted by Gasteiger charge is 2.41. The molecule has 1 aromatic heterocycles. The van der Waals surface area contributed by atoms with E-state index in [1.807, 2.05) is 12.3 Å². The molecule has 114 valence electrons. The number of nitrogens with zero attached hydrogens (tertiary/aromatic N) is 2. The minimum absolute atomic E-state index is 0.00877. The topological polar surface area (TPSA) is 69.7 Å². The minimum atomic E-state index is -0.689. The Hall–Kier alpha value is -1.89. The second kappa shape index (κ2) is 6.26. The Kier molecular flexibility index (Phi) is 4.62. The molecule has 1 aromatic rings. The van der Waals surface area contributed by atoms with Crippen LogP contribution in [0.15, 0.2) is 11.4 Å². The van der Waals surface area contributed by atoms with E-state index in [0.717, 1.165) is 11.3 Å². The third kappa shape index (κ3) is 3.24. The van der Waals surface area contributed by atoms with Crippen molar-refractivity contribution >= 4 is 29.2 Å². The van der Waals surface area contributed by atoms with E-state index in [0.29, 0.717) is 6.54 Å². The van der Waals surface area contributed by atoms with Crippen LogP contribution in [-0.2, 0) is 16.0 Å². The summed E-state index contributed by atoms with van der Waals surface area (Å²) in [5.74, 6) is -0.538. The summed E-state index contributed by atoms with van der Waals surface area (Å²) < 4.78 is 0. The Morgan fingerprint density at radius 3 is 2.62 bits per heavy atom. The van der Waals surface area contributed by atoms with Crippen molar-refractivity contribution in [2.75, 3.05) is 20.6 Å². The van der Waals surface area contributed by atoms with E-state index in [1.54, 1.807) is 11.3 Å². The van der Waals surface area contributed by atoms with Crippen molar-refractivity contribution in [1.82, 2.24) is 15.1 Å². The van der Waals surface area contributed by atoms with E-state index in [4.69, 9.17) is 0 Å². The standard InChI is InChI=1S/C14H19N3O3S/c1-9-5-7-21-11(9)4-6-15-12(18)8-10-13(19)17(3)14(20)16(10)2/h5,7,10H,4,6,8H2,1-3H3,(H,15,18). The number of amides is 4. The molecule has 7 heteroatoms. The number of hydrogen-bond donors (Lipinski definition) is 1. The van der Waals surface area contributed by atoms with Crippen LogP contribution in [0.4, 0.5) is 4.79 Å². The normalized spacial score (nSPS) is 18.5. The first-order valence-corrected chi connectivity index (χ1v) is 7.63. The fraction of sp³-hybridized carbons (Fsp3) is 0.500. The molecule has 0 aromatic carbocycles. The van der Waals surface area contributed by atoms with Crippen LogP contribution in [0.25, 0.3) is 0 Å². The van der Waals surface area contributed by atoms with Crippen molar-refractivity contribution in [3.05, 3.63) is 21.9 Å². The first kappa shape index (κ1) is 15.5. The summed E-state index contributed by atoms with van der Waals surface area (Å²) >= 11 is 1.67. The van der Waals surface area contributed by atoms with Gasteiger partial charge in [0.05, 0.1) is 6.42 Å². The van der Waals surface area contributed by atoms with Gasteiger partial charge in [0.15, 0.2) is 0 Å². The number of rotatable bonds is 5. The molecule has 1 unspecified atom stereocenters. The fourth-order valence-electron chi connectivity index (χ4n) is 2.30. The van der Waals surface area contributed by atoms with Crippen molar-refractivity contribution in [2.45, 2.75) is 25.8 Å². The van der Waals surface area contributed by atoms with Crippen LogP contribution in [0.5, 0.6) is 0 Å². The highest BCUT2D eigenvalue weighted by atomic mass is 32.1. The Bertz CT molecular complexity index is 570. The van der Waals surface area contributed by atoms with Crippen molar-refractivity contribution in [2.24, 2.45) is 0 Å². The maximum Gasteiger partial charge on any atom is 0.326 e. The molecule has 1 aliphatic rings. The van der Waals surface area contributed by atoms with E-state index < -0.39 is 6.04 Å². The Balaban J connectivity index is 1.81. The first-order valence-electron chi connectivity index (χ1n) is 6.76. The van der Waals surface area contributed by atoms with Gasteiger partial charge in [-0.25, -0.2) is 4.79 Å². The van der Waals surface area contributed by atoms with E-state index >= 15 is 0 Å². The summed E-state index contributed by atoms with van der Waals surface area (Å²) in [7, 11) is 2.97. The lowest BCUT2D eigenvalue weighted by atomic mass is 10.2. The lowest BCUT2D eigenvalue weighted by molar-refractivity contribution is -0.131. The van der Waals surface area contributed by atoms with Gasteiger partial charge in [-0.1, -0.05) is 0 Å². The average Bonchev–Trinajstić information content (AvgIpc) is 2.93. The second-order valence-corrected chi connectivity index (χ2v) is 6.14. The zero-order valence-electron chi connectivity index (χ0n) is 12.4. The van der Waals surface area contributed by atoms with Crippen LogP contribution in [0, 0.1) is 6.92 Å². The van der Waals surface area contributed by atoms with Crippen molar-refractivity contribution < 1.29 is 14.4 Å². The van der Waals surface area contributed by atoms with E-state index in [1.165, 1.54) is 29.4 Å². The molecule has 0 saturated carbocycles. The third-order valence-corrected chi connectivity index (χ3v) is 4.78. The Labute approximate surface area is 127 Å². The summed E-state index contributed by atoms with van der Waals surface area (Å²) in [4.78, 5) is 39.0. The molecule has 21 heavy (non-hydrogen) atoms. The maximum absolute atomic E-state index is 11.9. The van der Waals surface area contributed by atoms with Gasteiger partial charge in [-0.3, -0.25) is 14.5 Å². The summed E-state index contributed by atoms with van der Waals surface area (Å²) in [6, 6.07) is 0.994. The van der Waals surface area contributed by atoms with Crippen LogP contribution in [-0.4, -0.2) is 54.3 Å². The van der Waals surface area contributed by atoms with Gasteiger partial charge in [0.25, 0.3) is 5.91 Å². The SMILES string of the molecule is Cc1ccsc1CCNC(=O)CC1C(=O)N(C)C(=O)N1C. The lowest BCUT2D eigenvalue weighted by Gasteiger charge is -2.15. The molecule has 1 saturated heterocycles. The highest BCUT2D eigenvalue weighted by Crippen LogP contribution is 2.17. The molecule has 0 spiro atoms. The number of hydrogen-bond acceptors (Lipinski definition) is 4. The minimum Gasteiger partial charge on any atom is -0.356 e. The van der Waals surface area contributed by atoms with Crippen LogP contribution in [0.2, 0.25) is 0 Å². The van der Waals surface area contributed by atoms with Gasteiger partial charge in [0.2, 0.25) is 5.91 Å². The molecular formula is C14H19N3O3S. The summed E-state index contributed by atoms with van der Waals surface area (Å²) in [6.07, 6.45) is 0.789. The molecule has 6 nitrogen and oxygen atoms in total. The molecule has 1 N–H and O–H groups in total. The van der Waals surface area contributed by atoms with Crippen LogP contribution in [0.1, 0.15) is 16.9 Å². The number of carbonyl (C=O) groups is 3. The molecule has 1 atom stereocenters. The van der Waals surface area contributed by atoms with E-state index in [2.05, 4.69) is 11.4 Å². The van der Waals surface area contributed by atoms with Gasteiger partial charge in [-0.05, 0) is 30.4 Å². The van der Waals surface area contributed by atoms with Crippen molar-refractivity contribution in [3.63, 3.8) is 0 Å². The Morgan fingerprint density at radius 1 is 1.38 bits per heavy atom. The Morgan fingerprint density at radius 2 is 2.10 bits per heavy atom. The van der Waals surface area contributed by atoms with Crippen LogP contribution in [0.3, 0.4) is 0 Å². The number of imide groups is 1. The number of aryl methyl sites for hydroxylation is 1. The summed E-state index contributed by atoms with van der Waals surface area (Å²) in [5, 5.41) is 4.83. The van der Waals surface area contributed by atoms with Gasteiger partial charge >= 0.3 is 6.03 Å². The average molecular weight is 309 g/mol. The molecule has 1 fully saturated rings. The molecular weight excluding hydrogens is 290 g/mol. The highest BCUT2D eigenvalue weighted by molar-refractivity contribution is 7.10. The second-order valence-electron chi connectivity index (χ2n) is 5.14. The van der Waals surface area contributed by atoms with Gasteiger partial charge in [0.1, 0.15) is 6.04 Å². The first-order chi connectivity index (χ1) is 9.91. The van der Waals surface area contributed by atoms with E-state index in [9.17, 15) is 14.4 Å². The van der Waals surface area contributed by atoms with Gasteiger partial charge < -0.3 is 10.2 Å². The lowest BCUT2D eigenvalue weighted by Crippen LogP contribution is -2.37. The number of thiophene rings is 1. The molecule has 0 aliphatic carbocycles. The zero-order valence-corrected chi connectivity index (χ0v) is 13.2. The molecule has 2 rings (SSSR count). The third-order valence-electron chi connectivity index (χ3n) is 3.69. The smallest absolute Gasteiger partial charge is 0.326 e. The molecule has 0 bridgehead atoms. The monoisotopic (exact) mass is 309 g/mol. The largest absolute Gasteiger partial charge is 0.356 e. The molecule has 0 radical (unpaired) electrons. The zero-order chi connectivity index (χ0) is 15.6. The van der Waals surface area contributed by atoms with Gasteiger partial charge in [-0.2, -0.15) is 0 Å². The fourth-order valence-corrected chi connectivity index (χ4v) is 3.21. The predicted molar refractivity (Wildman–Crippen MR) is 80.1 cm³/mol. The number of carbonyl (C=O) groups excluding carboxylic acids is 3. The quantitative estimate of drug-likeness (QED) is 0.825. The summed E-state index contributed by atoms with van der Waals surface area (Å²) in [6.45, 7) is 2.58. The number of likely N-dealkylation sites (N-methyl/N-ethyl adjacent to an activating group) is 2. The summed E-state index contributed by atoms with van der Waals surface area (Å²) in [5.41, 5.74) is 1.23. The van der Waals surface area contributed by atoms with Crippen LogP contribution < -0.4 is 5.32 Å². The number of nitrogens with one attached hydrogen (secondary N) is 1. The van der Waals surface area contributed by atoms with Gasteiger partial charge in [-0.15, -0.1) is 11.3 Å². The predicted octanol–water partition coefficient (Wildman–Crippen LogP) is 0.998.